The van der Waals surface area contributed by atoms with Gasteiger partial charge in [-0.3, -0.25) is 29.0 Å². The van der Waals surface area contributed by atoms with Gasteiger partial charge in [0.25, 0.3) is 0 Å². The van der Waals surface area contributed by atoms with Gasteiger partial charge < -0.3 is 54.2 Å². The molecule has 198 valence electrons. The number of hydrogen-bond donors (Lipinski definition) is 10. The first-order valence-corrected chi connectivity index (χ1v) is 10.3. The van der Waals surface area contributed by atoms with Crippen LogP contribution in [0.15, 0.2) is 4.99 Å². The summed E-state index contributed by atoms with van der Waals surface area (Å²) < 4.78 is 0. The van der Waals surface area contributed by atoms with Gasteiger partial charge in [0.1, 0.15) is 24.2 Å². The first-order valence-electron chi connectivity index (χ1n) is 10.3. The minimum atomic E-state index is -1.74. The number of amides is 4. The third-order valence-electron chi connectivity index (χ3n) is 4.42. The molecule has 35 heavy (non-hydrogen) atoms. The lowest BCUT2D eigenvalue weighted by atomic mass is 10.1. The Bertz CT molecular complexity index is 816. The second-order valence-electron chi connectivity index (χ2n) is 7.36. The van der Waals surface area contributed by atoms with E-state index in [4.69, 9.17) is 33.1 Å². The Balaban J connectivity index is 5.49. The first kappa shape index (κ1) is 31.0. The number of primary amides is 1. The van der Waals surface area contributed by atoms with E-state index in [0.29, 0.717) is 0 Å². The zero-order chi connectivity index (χ0) is 27.1. The van der Waals surface area contributed by atoms with Gasteiger partial charge in [0.2, 0.25) is 23.6 Å². The number of nitrogens with zero attached hydrogens (tertiary/aromatic N) is 1. The molecule has 4 unspecified atom stereocenters. The van der Waals surface area contributed by atoms with Crippen molar-refractivity contribution in [3.05, 3.63) is 0 Å². The molecular weight excluding hydrogens is 472 g/mol. The van der Waals surface area contributed by atoms with Crippen molar-refractivity contribution < 1.29 is 44.1 Å². The van der Waals surface area contributed by atoms with Crippen LogP contribution in [0.2, 0.25) is 0 Å². The van der Waals surface area contributed by atoms with E-state index in [9.17, 15) is 33.9 Å². The molecule has 0 radical (unpaired) electrons. The van der Waals surface area contributed by atoms with Crippen LogP contribution in [0, 0.1) is 0 Å². The highest BCUT2D eigenvalue weighted by atomic mass is 16.4. The number of nitrogens with two attached hydrogens (primary N) is 4. The van der Waals surface area contributed by atoms with Gasteiger partial charge in [-0.15, -0.1) is 0 Å². The smallest absolute Gasteiger partial charge is 0.326 e. The SMILES string of the molecule is NC(=O)CCC(NC(=O)C(N)CO)C(=O)NC(CC(=O)O)C(=O)NC(CCCN=C(N)N)C(=O)O. The number of carboxylic acids is 2. The van der Waals surface area contributed by atoms with Gasteiger partial charge in [-0.05, 0) is 19.3 Å². The lowest BCUT2D eigenvalue weighted by molar-refractivity contribution is -0.143. The Labute approximate surface area is 199 Å². The fourth-order valence-electron chi connectivity index (χ4n) is 2.61. The van der Waals surface area contributed by atoms with E-state index in [-0.39, 0.29) is 38.2 Å². The van der Waals surface area contributed by atoms with E-state index < -0.39 is 72.8 Å². The average Bonchev–Trinajstić information content (AvgIpc) is 2.76. The molecule has 4 atom stereocenters. The van der Waals surface area contributed by atoms with Crippen molar-refractivity contribution in [2.75, 3.05) is 13.2 Å². The molecule has 17 heteroatoms. The highest BCUT2D eigenvalue weighted by Crippen LogP contribution is 2.04. The maximum absolute atomic E-state index is 12.7. The maximum atomic E-state index is 12.7. The van der Waals surface area contributed by atoms with E-state index in [1.165, 1.54) is 0 Å². The number of aliphatic carboxylic acids is 2. The van der Waals surface area contributed by atoms with E-state index in [0.717, 1.165) is 0 Å². The number of rotatable bonds is 17. The number of aliphatic hydroxyl groups excluding tert-OH is 1. The van der Waals surface area contributed by atoms with Crippen molar-refractivity contribution in [2.24, 2.45) is 27.9 Å². The van der Waals surface area contributed by atoms with Crippen molar-refractivity contribution in [1.82, 2.24) is 16.0 Å². The summed E-state index contributed by atoms with van der Waals surface area (Å²) in [5.74, 6) is -7.08. The summed E-state index contributed by atoms with van der Waals surface area (Å²) in [7, 11) is 0. The Morgan fingerprint density at radius 2 is 1.34 bits per heavy atom. The molecule has 0 rings (SSSR count). The Morgan fingerprint density at radius 1 is 0.800 bits per heavy atom. The van der Waals surface area contributed by atoms with Gasteiger partial charge in [0.15, 0.2) is 5.96 Å². The summed E-state index contributed by atoms with van der Waals surface area (Å²) in [6.45, 7) is -0.672. The minimum Gasteiger partial charge on any atom is -0.481 e. The molecule has 0 bridgehead atoms. The molecule has 0 saturated heterocycles. The molecule has 17 nitrogen and oxygen atoms in total. The topological polar surface area (TPSA) is 316 Å². The van der Waals surface area contributed by atoms with Crippen LogP contribution in [0.3, 0.4) is 0 Å². The maximum Gasteiger partial charge on any atom is 0.326 e. The van der Waals surface area contributed by atoms with E-state index in [1.807, 2.05) is 0 Å². The first-order chi connectivity index (χ1) is 16.3. The molecule has 0 aliphatic carbocycles. The van der Waals surface area contributed by atoms with Crippen LogP contribution < -0.4 is 38.9 Å². The van der Waals surface area contributed by atoms with Crippen LogP contribution in [0.1, 0.15) is 32.1 Å². The fraction of sp³-hybridized carbons (Fsp3) is 0.611. The molecule has 4 amide bonds. The molecule has 0 aliphatic rings. The summed E-state index contributed by atoms with van der Waals surface area (Å²) >= 11 is 0. The molecule has 0 fully saturated rings. The quantitative estimate of drug-likeness (QED) is 0.0504. The molecule has 0 spiro atoms. The molecule has 0 aromatic rings. The van der Waals surface area contributed by atoms with Crippen molar-refractivity contribution in [3.63, 3.8) is 0 Å². The van der Waals surface area contributed by atoms with Gasteiger partial charge in [-0.25, -0.2) is 4.79 Å². The van der Waals surface area contributed by atoms with Gasteiger partial charge in [-0.1, -0.05) is 0 Å². The Hall–Kier alpha value is -3.99. The second-order valence-corrected chi connectivity index (χ2v) is 7.36. The van der Waals surface area contributed by atoms with Crippen LogP contribution in [0.25, 0.3) is 0 Å². The van der Waals surface area contributed by atoms with Gasteiger partial charge in [0, 0.05) is 13.0 Å². The number of nitrogens with one attached hydrogen (secondary N) is 3. The summed E-state index contributed by atoms with van der Waals surface area (Å²) in [4.78, 5) is 74.7. The molecular formula is C18H32N8O9. The zero-order valence-electron chi connectivity index (χ0n) is 18.8. The average molecular weight is 505 g/mol. The lowest BCUT2D eigenvalue weighted by Gasteiger charge is -2.24. The number of hydrogen-bond acceptors (Lipinski definition) is 9. The number of carboxylic acid groups (broad SMARTS) is 2. The van der Waals surface area contributed by atoms with Gasteiger partial charge >= 0.3 is 11.9 Å². The Kier molecular flexibility index (Phi) is 14.0. The van der Waals surface area contributed by atoms with Crippen molar-refractivity contribution >= 4 is 41.5 Å². The van der Waals surface area contributed by atoms with Crippen LogP contribution in [-0.4, -0.2) is 94.2 Å². The minimum absolute atomic E-state index is 0.0779. The highest BCUT2D eigenvalue weighted by molar-refractivity contribution is 5.95. The monoisotopic (exact) mass is 504 g/mol. The van der Waals surface area contributed by atoms with Gasteiger partial charge in [0.05, 0.1) is 13.0 Å². The fourth-order valence-corrected chi connectivity index (χ4v) is 2.61. The Morgan fingerprint density at radius 3 is 1.83 bits per heavy atom. The third-order valence-corrected chi connectivity index (χ3v) is 4.42. The second kappa shape index (κ2) is 15.8. The van der Waals surface area contributed by atoms with E-state index in [2.05, 4.69) is 20.9 Å². The number of carbonyl (C=O) groups excluding carboxylic acids is 4. The summed E-state index contributed by atoms with van der Waals surface area (Å²) in [6, 6.07) is -6.05. The number of aliphatic hydroxyl groups is 1. The number of aliphatic imine (C=N–C) groups is 1. The molecule has 0 saturated carbocycles. The highest BCUT2D eigenvalue weighted by Gasteiger charge is 2.31. The molecule has 0 aromatic carbocycles. The molecule has 0 heterocycles. The van der Waals surface area contributed by atoms with Crippen LogP contribution in [-0.2, 0) is 28.8 Å². The normalized spacial score (nSPS) is 13.9. The summed E-state index contributed by atoms with van der Waals surface area (Å²) in [5.41, 5.74) is 20.8. The predicted octanol–water partition coefficient (Wildman–Crippen LogP) is -5.36. The van der Waals surface area contributed by atoms with Gasteiger partial charge in [-0.2, -0.15) is 0 Å². The molecule has 0 aromatic heterocycles. The number of guanidine groups is 1. The lowest BCUT2D eigenvalue weighted by Crippen LogP contribution is -2.57. The predicted molar refractivity (Wildman–Crippen MR) is 119 cm³/mol. The summed E-state index contributed by atoms with van der Waals surface area (Å²) in [5, 5.41) is 33.8. The van der Waals surface area contributed by atoms with Crippen molar-refractivity contribution in [2.45, 2.75) is 56.3 Å². The van der Waals surface area contributed by atoms with Crippen LogP contribution in [0.4, 0.5) is 0 Å². The molecule has 0 aliphatic heterocycles. The zero-order valence-corrected chi connectivity index (χ0v) is 18.8. The van der Waals surface area contributed by atoms with Crippen molar-refractivity contribution in [1.29, 1.82) is 0 Å². The standard InChI is InChI=1S/C18H32N8O9/c19-8(7-27)14(31)24-9(3-4-12(20)28)15(32)26-11(6-13(29)30)16(33)25-10(17(34)35)2-1-5-23-18(21)22/h8-11,27H,1-7,19H2,(H2,20,28)(H,24,31)(H,25,33)(H,26,32)(H,29,30)(H,34,35)(H4,21,22,23). The van der Waals surface area contributed by atoms with Crippen LogP contribution in [0.5, 0.6) is 0 Å². The van der Waals surface area contributed by atoms with Crippen molar-refractivity contribution in [3.8, 4) is 0 Å². The summed E-state index contributed by atoms with van der Waals surface area (Å²) in [6.07, 6.45) is -1.56. The number of carbonyl (C=O) groups is 6. The van der Waals surface area contributed by atoms with E-state index >= 15 is 0 Å². The molecule has 14 N–H and O–H groups in total. The largest absolute Gasteiger partial charge is 0.481 e. The van der Waals surface area contributed by atoms with Crippen LogP contribution >= 0.6 is 0 Å². The third kappa shape index (κ3) is 13.3. The van der Waals surface area contributed by atoms with E-state index in [1.54, 1.807) is 0 Å².